The molecule has 11 heteroatoms. The molecule has 2 aromatic carbocycles. The number of benzene rings is 2. The number of carbonyl (C=O) groups excluding carboxylic acids is 2. The van der Waals surface area contributed by atoms with Crippen LogP contribution in [-0.2, 0) is 26.0 Å². The Labute approximate surface area is 251 Å². The second-order valence-corrected chi connectivity index (χ2v) is 13.4. The van der Waals surface area contributed by atoms with Crippen molar-refractivity contribution in [2.24, 2.45) is 11.8 Å². The maximum atomic E-state index is 13.7. The number of sulfonamides is 1. The lowest BCUT2D eigenvalue weighted by Crippen LogP contribution is -2.57. The van der Waals surface area contributed by atoms with Crippen LogP contribution >= 0.6 is 0 Å². The topological polar surface area (TPSA) is 128 Å². The molecule has 0 saturated heterocycles. The van der Waals surface area contributed by atoms with E-state index in [-0.39, 0.29) is 48.7 Å². The summed E-state index contributed by atoms with van der Waals surface area (Å²) in [7, 11) is 1.08. The number of amides is 2. The van der Waals surface area contributed by atoms with Crippen LogP contribution in [0.5, 0.6) is 5.75 Å². The number of nitrogens with one attached hydrogen (secondary N) is 2. The molecule has 0 radical (unpaired) electrons. The van der Waals surface area contributed by atoms with Crippen LogP contribution in [0.25, 0.3) is 0 Å². The molecule has 0 bridgehead atoms. The Hall–Kier alpha value is -2.99. The van der Waals surface area contributed by atoms with Crippen LogP contribution in [-0.4, -0.2) is 93.6 Å². The number of ether oxygens (including phenoxy) is 1. The highest BCUT2D eigenvalue weighted by molar-refractivity contribution is 7.89. The summed E-state index contributed by atoms with van der Waals surface area (Å²) in [6.07, 6.45) is -0.324. The van der Waals surface area contributed by atoms with E-state index in [0.29, 0.717) is 12.2 Å². The molecule has 234 valence electrons. The van der Waals surface area contributed by atoms with Gasteiger partial charge in [0.15, 0.2) is 0 Å². The lowest BCUT2D eigenvalue weighted by Gasteiger charge is -2.32. The maximum absolute atomic E-state index is 13.7. The third kappa shape index (κ3) is 10.7. The highest BCUT2D eigenvalue weighted by Gasteiger charge is 2.34. The summed E-state index contributed by atoms with van der Waals surface area (Å²) in [4.78, 5) is 28.0. The monoisotopic (exact) mass is 604 g/mol. The van der Waals surface area contributed by atoms with Crippen molar-refractivity contribution >= 4 is 21.8 Å². The van der Waals surface area contributed by atoms with Gasteiger partial charge in [0.2, 0.25) is 21.8 Å². The van der Waals surface area contributed by atoms with Crippen molar-refractivity contribution in [1.29, 1.82) is 0 Å². The van der Waals surface area contributed by atoms with Gasteiger partial charge in [0.05, 0.1) is 30.7 Å². The predicted octanol–water partition coefficient (Wildman–Crippen LogP) is 2.52. The summed E-state index contributed by atoms with van der Waals surface area (Å²) >= 11 is 0. The molecular formula is C31H48N4O6S. The van der Waals surface area contributed by atoms with Gasteiger partial charge in [-0.05, 0) is 62.2 Å². The highest BCUT2D eigenvalue weighted by atomic mass is 32.2. The van der Waals surface area contributed by atoms with Gasteiger partial charge in [-0.1, -0.05) is 64.4 Å². The molecule has 0 saturated carbocycles. The molecule has 42 heavy (non-hydrogen) atoms. The molecule has 0 aliphatic rings. The number of nitrogens with zero attached hydrogens (tertiary/aromatic N) is 2. The fraction of sp³-hybridized carbons (Fsp3) is 0.548. The van der Waals surface area contributed by atoms with Gasteiger partial charge >= 0.3 is 0 Å². The minimum absolute atomic E-state index is 0.0194. The van der Waals surface area contributed by atoms with Gasteiger partial charge in [0.25, 0.3) is 0 Å². The Balaban J connectivity index is 2.38. The molecule has 2 aromatic rings. The first-order valence-electron chi connectivity index (χ1n) is 14.4. The Bertz CT molecular complexity index is 1220. The second kappa shape index (κ2) is 16.6. The quantitative estimate of drug-likeness (QED) is 0.253. The van der Waals surface area contributed by atoms with Gasteiger partial charge in [0, 0.05) is 13.1 Å². The Morgan fingerprint density at radius 3 is 2.10 bits per heavy atom. The lowest BCUT2D eigenvalue weighted by atomic mass is 9.96. The SMILES string of the molecule is CC[C@H](C)[C@H](NC(=O)CN(C)C)C(=O)N[C@@H](Cc1ccccc1)[C@H](O)CN(CC(C)C)S(=O)(=O)c1ccc(OC)cc1. The third-order valence-corrected chi connectivity index (χ3v) is 8.86. The number of methoxy groups -OCH3 is 1. The Kier molecular flexibility index (Phi) is 13.9. The highest BCUT2D eigenvalue weighted by Crippen LogP contribution is 2.22. The molecular weight excluding hydrogens is 556 g/mol. The predicted molar refractivity (Wildman–Crippen MR) is 165 cm³/mol. The van der Waals surface area contributed by atoms with Crippen molar-refractivity contribution in [2.75, 3.05) is 40.8 Å². The fourth-order valence-electron chi connectivity index (χ4n) is 4.54. The number of aliphatic hydroxyl groups excluding tert-OH is 1. The molecule has 10 nitrogen and oxygen atoms in total. The molecule has 3 N–H and O–H groups in total. The number of aliphatic hydroxyl groups is 1. The summed E-state index contributed by atoms with van der Waals surface area (Å²) in [6.45, 7) is 7.70. The largest absolute Gasteiger partial charge is 0.497 e. The van der Waals surface area contributed by atoms with Crippen molar-refractivity contribution in [3.63, 3.8) is 0 Å². The van der Waals surface area contributed by atoms with E-state index in [4.69, 9.17) is 4.74 Å². The summed E-state index contributed by atoms with van der Waals surface area (Å²) in [5, 5.41) is 17.3. The summed E-state index contributed by atoms with van der Waals surface area (Å²) in [5.74, 6) is -0.365. The van der Waals surface area contributed by atoms with Gasteiger partial charge in [-0.2, -0.15) is 4.31 Å². The van der Waals surface area contributed by atoms with E-state index >= 15 is 0 Å². The number of likely N-dealkylation sites (N-methyl/N-ethyl adjacent to an activating group) is 1. The van der Waals surface area contributed by atoms with Crippen molar-refractivity contribution in [3.8, 4) is 5.75 Å². The Morgan fingerprint density at radius 1 is 0.952 bits per heavy atom. The normalized spacial score (nSPS) is 14.8. The van der Waals surface area contributed by atoms with E-state index in [2.05, 4.69) is 10.6 Å². The second-order valence-electron chi connectivity index (χ2n) is 11.4. The molecule has 0 unspecified atom stereocenters. The standard InChI is InChI=1S/C31H48N4O6S/c1-8-23(4)30(33-29(37)21-34(5)6)31(38)32-27(18-24-12-10-9-11-13-24)28(36)20-35(19-22(2)3)42(39,40)26-16-14-25(41-7)15-17-26/h9-17,22-23,27-28,30,36H,8,18-21H2,1-7H3,(H,32,38)(H,33,37)/t23-,27-,28+,30-/m0/s1. The number of rotatable bonds is 17. The van der Waals surface area contributed by atoms with Gasteiger partial charge in [-0.25, -0.2) is 8.42 Å². The van der Waals surface area contributed by atoms with Crippen LogP contribution in [0.4, 0.5) is 0 Å². The van der Waals surface area contributed by atoms with Gasteiger partial charge in [0.1, 0.15) is 11.8 Å². The van der Waals surface area contributed by atoms with Crippen molar-refractivity contribution in [3.05, 3.63) is 60.2 Å². The van der Waals surface area contributed by atoms with E-state index in [0.717, 1.165) is 5.56 Å². The zero-order valence-electron chi connectivity index (χ0n) is 25.9. The van der Waals surface area contributed by atoms with Crippen molar-refractivity contribution in [2.45, 2.75) is 63.6 Å². The lowest BCUT2D eigenvalue weighted by molar-refractivity contribution is -0.131. The smallest absolute Gasteiger partial charge is 0.243 e. The minimum Gasteiger partial charge on any atom is -0.497 e. The van der Waals surface area contributed by atoms with E-state index in [1.165, 1.54) is 23.5 Å². The summed E-state index contributed by atoms with van der Waals surface area (Å²) < 4.78 is 33.8. The molecule has 0 aliphatic heterocycles. The first-order chi connectivity index (χ1) is 19.8. The molecule has 2 amide bonds. The number of carbonyl (C=O) groups is 2. The van der Waals surface area contributed by atoms with E-state index < -0.39 is 34.1 Å². The Morgan fingerprint density at radius 2 is 1.57 bits per heavy atom. The zero-order chi connectivity index (χ0) is 31.4. The first-order valence-corrected chi connectivity index (χ1v) is 15.8. The molecule has 0 heterocycles. The van der Waals surface area contributed by atoms with E-state index in [9.17, 15) is 23.1 Å². The van der Waals surface area contributed by atoms with Crippen LogP contribution in [0.15, 0.2) is 59.5 Å². The molecule has 0 spiro atoms. The molecule has 0 fully saturated rings. The third-order valence-electron chi connectivity index (χ3n) is 7.02. The molecule has 0 aliphatic carbocycles. The van der Waals surface area contributed by atoms with E-state index in [1.807, 2.05) is 58.0 Å². The average molecular weight is 605 g/mol. The fourth-order valence-corrected chi connectivity index (χ4v) is 6.16. The maximum Gasteiger partial charge on any atom is 0.243 e. The molecule has 2 rings (SSSR count). The zero-order valence-corrected chi connectivity index (χ0v) is 26.7. The van der Waals surface area contributed by atoms with Crippen LogP contribution in [0, 0.1) is 11.8 Å². The number of hydrogen-bond donors (Lipinski definition) is 3. The van der Waals surface area contributed by atoms with E-state index in [1.54, 1.807) is 31.1 Å². The minimum atomic E-state index is -3.97. The van der Waals surface area contributed by atoms with Crippen molar-refractivity contribution in [1.82, 2.24) is 19.8 Å². The van der Waals surface area contributed by atoms with Crippen LogP contribution in [0.1, 0.15) is 39.7 Å². The molecule has 4 atom stereocenters. The van der Waals surface area contributed by atoms with Crippen LogP contribution in [0.3, 0.4) is 0 Å². The van der Waals surface area contributed by atoms with Gasteiger partial charge in [-0.15, -0.1) is 0 Å². The average Bonchev–Trinajstić information content (AvgIpc) is 2.94. The van der Waals surface area contributed by atoms with Gasteiger partial charge in [-0.3, -0.25) is 9.59 Å². The van der Waals surface area contributed by atoms with Gasteiger partial charge < -0.3 is 25.4 Å². The van der Waals surface area contributed by atoms with Crippen molar-refractivity contribution < 1.29 is 27.9 Å². The molecule has 0 aromatic heterocycles. The first kappa shape index (κ1) is 35.2. The van der Waals surface area contributed by atoms with Crippen LogP contribution in [0.2, 0.25) is 0 Å². The summed E-state index contributed by atoms with van der Waals surface area (Å²) in [5.41, 5.74) is 0.868. The summed E-state index contributed by atoms with van der Waals surface area (Å²) in [6, 6.07) is 13.8. The number of hydrogen-bond acceptors (Lipinski definition) is 7. The van der Waals surface area contributed by atoms with Crippen LogP contribution < -0.4 is 15.4 Å².